The summed E-state index contributed by atoms with van der Waals surface area (Å²) < 4.78 is 67.4. The molecule has 0 aliphatic carbocycles. The van der Waals surface area contributed by atoms with Gasteiger partial charge in [-0.25, -0.2) is 12.6 Å². The van der Waals surface area contributed by atoms with Crippen LogP contribution >= 0.6 is 0 Å². The van der Waals surface area contributed by atoms with Crippen LogP contribution in [0.1, 0.15) is 62.5 Å². The van der Waals surface area contributed by atoms with E-state index in [2.05, 4.69) is 20.6 Å². The second kappa shape index (κ2) is 26.9. The molecule has 4 aromatic rings. The van der Waals surface area contributed by atoms with Crippen LogP contribution in [0, 0.1) is 23.7 Å². The first-order chi connectivity index (χ1) is 32.9. The summed E-state index contributed by atoms with van der Waals surface area (Å²) in [7, 11) is -5.07. The van der Waals surface area contributed by atoms with Gasteiger partial charge >= 0.3 is 103 Å². The molecule has 2 aromatic heterocycles. The average molecular weight is 1060 g/mol. The van der Waals surface area contributed by atoms with Crippen LogP contribution in [-0.2, 0) is 21.5 Å². The SMILES string of the molecule is O=S([O-])Oc1cc(Nc2nc(N3CCCC(CO)C3)nc(N3CCCC(CO)C3)n2)ccc1C=Cc1ccc(Nc2nc(N3CCCC(CO)C3)nc(N3CCCC(CO)C3)n2)cc1S(=O)(=O)[O-].[K+].[K+]. The molecule has 4 aliphatic rings. The third-order valence-electron chi connectivity index (χ3n) is 12.9. The Balaban J connectivity index is 0.00000402. The Morgan fingerprint density at radius 2 is 0.957 bits per heavy atom. The van der Waals surface area contributed by atoms with Crippen molar-refractivity contribution < 1.29 is 149 Å². The maximum absolute atomic E-state index is 12.8. The third-order valence-corrected chi connectivity index (χ3v) is 14.1. The maximum atomic E-state index is 12.8. The molecule has 4 aliphatic heterocycles. The van der Waals surface area contributed by atoms with Gasteiger partial charge < -0.3 is 63.9 Å². The van der Waals surface area contributed by atoms with Gasteiger partial charge in [-0.2, -0.15) is 29.9 Å². The van der Waals surface area contributed by atoms with Gasteiger partial charge in [-0.3, -0.25) is 0 Å². The maximum Gasteiger partial charge on any atom is 1.00 e. The van der Waals surface area contributed by atoms with E-state index in [1.54, 1.807) is 18.2 Å². The first-order valence-corrected chi connectivity index (χ1v) is 25.5. The smallest absolute Gasteiger partial charge is 0.744 e. The summed E-state index contributed by atoms with van der Waals surface area (Å²) in [6.07, 6.45) is 9.62. The van der Waals surface area contributed by atoms with Crippen molar-refractivity contribution in [3.8, 4) is 5.75 Å². The van der Waals surface area contributed by atoms with Crippen molar-refractivity contribution >= 4 is 80.7 Å². The number of nitrogens with one attached hydrogen (secondary N) is 2. The van der Waals surface area contributed by atoms with Crippen molar-refractivity contribution in [1.82, 2.24) is 29.9 Å². The first kappa shape index (κ1) is 57.2. The molecule has 26 heteroatoms. The molecular formula is C44H58K2N12O10S2. The Hall–Kier alpha value is -2.07. The van der Waals surface area contributed by atoms with Crippen LogP contribution in [0.3, 0.4) is 0 Å². The standard InChI is InChI=1S/C44H60N12O10S2.2K/c57-25-29-5-1-15-53(21-29)41-47-39(48-42(51-41)54-16-2-6-30(22-54)26-58)45-35-13-11-33(37(19-35)66-67(61)62)9-10-34-12-14-36(20-38(34)68(63,64)65)46-40-49-43(55-17-3-7-31(23-55)27-59)52-44(50-40)56-18-4-8-32(24-56)28-60;;/h9-14,19-20,29-32,57-60H,1-8,15-18,21-28H2,(H,61,62)(H,63,64,65)(H,45,47,48,51)(H,46,49,50,52);;/q;2*+1/p-2. The summed E-state index contributed by atoms with van der Waals surface area (Å²) >= 11 is -3.01. The second-order valence-electron chi connectivity index (χ2n) is 17.9. The molecule has 6 heterocycles. The van der Waals surface area contributed by atoms with Gasteiger partial charge in [0.25, 0.3) is 0 Å². The molecule has 4 saturated heterocycles. The molecule has 0 bridgehead atoms. The van der Waals surface area contributed by atoms with Crippen LogP contribution in [0.2, 0.25) is 0 Å². The zero-order chi connectivity index (χ0) is 47.8. The van der Waals surface area contributed by atoms with Gasteiger partial charge in [0.2, 0.25) is 35.7 Å². The molecule has 70 heavy (non-hydrogen) atoms. The number of aromatic nitrogens is 6. The number of rotatable bonds is 17. The molecule has 5 atom stereocenters. The molecule has 4 fully saturated rings. The Kier molecular flexibility index (Phi) is 22.0. The Morgan fingerprint density at radius 3 is 1.31 bits per heavy atom. The topological polar surface area (TPSA) is 302 Å². The molecule has 6 N–H and O–H groups in total. The summed E-state index contributed by atoms with van der Waals surface area (Å²) in [5.74, 6) is 1.94. The Bertz CT molecular complexity index is 2470. The Morgan fingerprint density at radius 1 is 0.600 bits per heavy atom. The van der Waals surface area contributed by atoms with E-state index >= 15 is 0 Å². The van der Waals surface area contributed by atoms with Crippen molar-refractivity contribution in [2.24, 2.45) is 23.7 Å². The van der Waals surface area contributed by atoms with Gasteiger partial charge in [0, 0.05) is 102 Å². The van der Waals surface area contributed by atoms with Crippen LogP contribution in [-0.4, -0.2) is 151 Å². The van der Waals surface area contributed by atoms with Gasteiger partial charge in [0.1, 0.15) is 27.2 Å². The molecule has 5 unspecified atom stereocenters. The summed E-state index contributed by atoms with van der Waals surface area (Å²) in [6.45, 7) is 4.98. The van der Waals surface area contributed by atoms with E-state index in [0.717, 1.165) is 51.4 Å². The molecule has 8 rings (SSSR count). The van der Waals surface area contributed by atoms with E-state index in [0.29, 0.717) is 81.8 Å². The normalized spacial score (nSPS) is 21.5. The van der Waals surface area contributed by atoms with Crippen molar-refractivity contribution in [3.05, 3.63) is 47.5 Å². The van der Waals surface area contributed by atoms with Gasteiger partial charge in [0.05, 0.1) is 4.90 Å². The number of aliphatic hydroxyl groups is 4. The summed E-state index contributed by atoms with van der Waals surface area (Å²) in [4.78, 5) is 35.7. The molecule has 368 valence electrons. The molecule has 0 amide bonds. The monoisotopic (exact) mass is 1060 g/mol. The fourth-order valence-corrected chi connectivity index (χ4v) is 10.3. The van der Waals surface area contributed by atoms with Crippen LogP contribution < -0.4 is 137 Å². The summed E-state index contributed by atoms with van der Waals surface area (Å²) in [6, 6.07) is 8.75. The largest absolute Gasteiger partial charge is 1.00 e. The van der Waals surface area contributed by atoms with Crippen molar-refractivity contribution in [1.29, 1.82) is 0 Å². The van der Waals surface area contributed by atoms with Gasteiger partial charge in [-0.05, 0) is 105 Å². The fraction of sp³-hybridized carbons (Fsp3) is 0.545. The van der Waals surface area contributed by atoms with Crippen LogP contribution in [0.5, 0.6) is 5.75 Å². The zero-order valence-electron chi connectivity index (χ0n) is 39.6. The minimum atomic E-state index is -5.07. The quantitative estimate of drug-likeness (QED) is 0.0260. The molecule has 0 spiro atoms. The second-order valence-corrected chi connectivity index (χ2v) is 19.8. The molecule has 2 aromatic carbocycles. The number of nitrogens with zero attached hydrogens (tertiary/aromatic N) is 10. The predicted octanol–water partition coefficient (Wildman–Crippen LogP) is -3.37. The van der Waals surface area contributed by atoms with E-state index in [9.17, 15) is 42.2 Å². The van der Waals surface area contributed by atoms with Crippen molar-refractivity contribution in [2.75, 3.05) is 109 Å². The van der Waals surface area contributed by atoms with Crippen molar-refractivity contribution in [3.63, 3.8) is 0 Å². The molecule has 0 radical (unpaired) electrons. The van der Waals surface area contributed by atoms with Gasteiger partial charge in [-0.15, -0.1) is 0 Å². The number of piperidine rings is 4. The number of benzene rings is 2. The number of hydrogen-bond acceptors (Lipinski definition) is 22. The van der Waals surface area contributed by atoms with Crippen LogP contribution in [0.15, 0.2) is 41.3 Å². The van der Waals surface area contributed by atoms with E-state index in [-0.39, 0.29) is 187 Å². The number of aliphatic hydroxyl groups excluding tert-OH is 4. The average Bonchev–Trinajstić information content (AvgIpc) is 3.35. The first-order valence-electron chi connectivity index (χ1n) is 23.1. The van der Waals surface area contributed by atoms with E-state index in [1.165, 1.54) is 30.4 Å². The van der Waals surface area contributed by atoms with Gasteiger partial charge in [-0.1, -0.05) is 18.2 Å². The molecular weight excluding hydrogens is 999 g/mol. The predicted molar refractivity (Wildman–Crippen MR) is 254 cm³/mol. The van der Waals surface area contributed by atoms with Crippen LogP contribution in [0.25, 0.3) is 12.2 Å². The van der Waals surface area contributed by atoms with E-state index < -0.39 is 26.4 Å². The van der Waals surface area contributed by atoms with Crippen molar-refractivity contribution in [2.45, 2.75) is 56.3 Å². The molecule has 0 saturated carbocycles. The number of anilines is 8. The third kappa shape index (κ3) is 15.3. The fourth-order valence-electron chi connectivity index (χ4n) is 9.27. The molecule has 22 nitrogen and oxygen atoms in total. The van der Waals surface area contributed by atoms with Crippen LogP contribution in [0.4, 0.5) is 47.1 Å². The minimum absolute atomic E-state index is 0. The minimum Gasteiger partial charge on any atom is -0.744 e. The van der Waals surface area contributed by atoms with E-state index in [1.807, 2.05) is 19.6 Å². The van der Waals surface area contributed by atoms with Gasteiger partial charge in [0.15, 0.2) is 0 Å². The summed E-state index contributed by atoms with van der Waals surface area (Å²) in [5, 5.41) is 45.8. The number of hydrogen-bond donors (Lipinski definition) is 6. The van der Waals surface area contributed by atoms with E-state index in [4.69, 9.17) is 24.1 Å². The Labute approximate surface area is 495 Å². The zero-order valence-corrected chi connectivity index (χ0v) is 47.5. The summed E-state index contributed by atoms with van der Waals surface area (Å²) in [5.41, 5.74) is 0.798.